The van der Waals surface area contributed by atoms with Crippen molar-refractivity contribution < 1.29 is 14.7 Å². The van der Waals surface area contributed by atoms with Gasteiger partial charge in [-0.3, -0.25) is 9.59 Å². The maximum absolute atomic E-state index is 13.0. The number of rotatable bonds is 5. The number of hydrogen-bond acceptors (Lipinski definition) is 4. The number of aliphatic hydroxyl groups is 1. The van der Waals surface area contributed by atoms with Crippen LogP contribution in [0.15, 0.2) is 18.2 Å². The van der Waals surface area contributed by atoms with E-state index in [0.29, 0.717) is 30.3 Å². The Balaban J connectivity index is 1.70. The first-order valence-electron chi connectivity index (χ1n) is 10.1. The summed E-state index contributed by atoms with van der Waals surface area (Å²) >= 11 is 0. The van der Waals surface area contributed by atoms with Crippen LogP contribution in [0.4, 0.5) is 0 Å². The summed E-state index contributed by atoms with van der Waals surface area (Å²) in [6.07, 6.45) is 4.47. The van der Waals surface area contributed by atoms with Crippen LogP contribution < -0.4 is 0 Å². The first-order chi connectivity index (χ1) is 12.9. The van der Waals surface area contributed by atoms with Crippen LogP contribution in [0.2, 0.25) is 0 Å². The van der Waals surface area contributed by atoms with Crippen molar-refractivity contribution in [2.75, 3.05) is 26.2 Å². The fourth-order valence-corrected chi connectivity index (χ4v) is 4.28. The molecule has 0 saturated carbocycles. The zero-order valence-corrected chi connectivity index (χ0v) is 16.5. The molecule has 3 heterocycles. The van der Waals surface area contributed by atoms with Gasteiger partial charge in [-0.25, -0.2) is 4.98 Å². The summed E-state index contributed by atoms with van der Waals surface area (Å²) in [7, 11) is 0. The summed E-state index contributed by atoms with van der Waals surface area (Å²) in [5, 5.41) is 9.27. The molecule has 1 N–H and O–H groups in total. The molecule has 2 saturated heterocycles. The highest BCUT2D eigenvalue weighted by Gasteiger charge is 2.42. The highest BCUT2D eigenvalue weighted by atomic mass is 16.3. The number of nitrogens with zero attached hydrogens (tertiary/aromatic N) is 3. The topological polar surface area (TPSA) is 73.7 Å². The Labute approximate surface area is 161 Å². The first-order valence-corrected chi connectivity index (χ1v) is 10.1. The van der Waals surface area contributed by atoms with Crippen LogP contribution in [0.5, 0.6) is 0 Å². The average molecular weight is 373 g/mol. The first kappa shape index (κ1) is 19.8. The van der Waals surface area contributed by atoms with Gasteiger partial charge in [-0.2, -0.15) is 0 Å². The predicted octanol–water partition coefficient (Wildman–Crippen LogP) is 2.46. The van der Waals surface area contributed by atoms with Gasteiger partial charge in [-0.15, -0.1) is 0 Å². The molecule has 0 unspecified atom stereocenters. The predicted molar refractivity (Wildman–Crippen MR) is 103 cm³/mol. The van der Waals surface area contributed by atoms with Crippen LogP contribution in [-0.4, -0.2) is 57.9 Å². The van der Waals surface area contributed by atoms with Crippen LogP contribution in [0.25, 0.3) is 0 Å². The molecule has 1 aromatic heterocycles. The largest absolute Gasteiger partial charge is 0.390 e. The fourth-order valence-electron chi connectivity index (χ4n) is 4.28. The van der Waals surface area contributed by atoms with Crippen LogP contribution in [0, 0.1) is 11.3 Å². The lowest BCUT2D eigenvalue weighted by Gasteiger charge is -2.48. The number of piperidine rings is 2. The molecule has 1 spiro atoms. The summed E-state index contributed by atoms with van der Waals surface area (Å²) in [6, 6.07) is 5.19. The highest BCUT2D eigenvalue weighted by molar-refractivity contribution is 5.92. The molecule has 148 valence electrons. The number of likely N-dealkylation sites (tertiary alicyclic amines) is 2. The second-order valence-corrected chi connectivity index (χ2v) is 8.50. The van der Waals surface area contributed by atoms with Gasteiger partial charge in [0.2, 0.25) is 5.91 Å². The summed E-state index contributed by atoms with van der Waals surface area (Å²) in [6.45, 7) is 7.17. The zero-order chi connectivity index (χ0) is 19.4. The molecule has 6 heteroatoms. The molecular formula is C21H31N3O3. The van der Waals surface area contributed by atoms with Gasteiger partial charge in [0.15, 0.2) is 0 Å². The second kappa shape index (κ2) is 8.38. The van der Waals surface area contributed by atoms with E-state index in [1.807, 2.05) is 9.80 Å². The van der Waals surface area contributed by atoms with Crippen LogP contribution >= 0.6 is 0 Å². The molecule has 1 atom stereocenters. The summed E-state index contributed by atoms with van der Waals surface area (Å²) in [5.74, 6) is 0.752. The SMILES string of the molecule is CC(C)CCN1C[C@]2(CCCN(C(=O)c3cccc(CO)n3)C2)CCC1=O. The van der Waals surface area contributed by atoms with E-state index in [2.05, 4.69) is 18.8 Å². The lowest BCUT2D eigenvalue weighted by molar-refractivity contribution is -0.139. The standard InChI is InChI=1S/C21H31N3O3/c1-16(2)8-12-23-14-21(10-7-19(23)26)9-4-11-24(15-21)20(27)18-6-3-5-17(13-25)22-18/h3,5-6,16,25H,4,7-15H2,1-2H3/t21-/m0/s1. The molecule has 6 nitrogen and oxygen atoms in total. The minimum atomic E-state index is -0.169. The van der Waals surface area contributed by atoms with Crippen LogP contribution in [-0.2, 0) is 11.4 Å². The van der Waals surface area contributed by atoms with Gasteiger partial charge in [0, 0.05) is 38.0 Å². The lowest BCUT2D eigenvalue weighted by Crippen LogP contribution is -2.55. The molecule has 2 amide bonds. The highest BCUT2D eigenvalue weighted by Crippen LogP contribution is 2.39. The van der Waals surface area contributed by atoms with Crippen molar-refractivity contribution in [1.29, 1.82) is 0 Å². The van der Waals surface area contributed by atoms with E-state index in [1.54, 1.807) is 18.2 Å². The number of carbonyl (C=O) groups excluding carboxylic acids is 2. The van der Waals surface area contributed by atoms with Crippen molar-refractivity contribution in [2.24, 2.45) is 11.3 Å². The van der Waals surface area contributed by atoms with Crippen molar-refractivity contribution in [1.82, 2.24) is 14.8 Å². The smallest absolute Gasteiger partial charge is 0.272 e. The Morgan fingerprint density at radius 1 is 1.30 bits per heavy atom. The monoisotopic (exact) mass is 373 g/mol. The Morgan fingerprint density at radius 2 is 2.11 bits per heavy atom. The third kappa shape index (κ3) is 4.67. The second-order valence-electron chi connectivity index (χ2n) is 8.50. The van der Waals surface area contributed by atoms with Gasteiger partial charge >= 0.3 is 0 Å². The zero-order valence-electron chi connectivity index (χ0n) is 16.5. The van der Waals surface area contributed by atoms with Gasteiger partial charge in [0.1, 0.15) is 5.69 Å². The lowest BCUT2D eigenvalue weighted by atomic mass is 9.73. The minimum Gasteiger partial charge on any atom is -0.390 e. The van der Waals surface area contributed by atoms with Crippen molar-refractivity contribution >= 4 is 11.8 Å². The van der Waals surface area contributed by atoms with Gasteiger partial charge in [-0.1, -0.05) is 19.9 Å². The molecule has 2 aliphatic heterocycles. The number of amides is 2. The summed E-state index contributed by atoms with van der Waals surface area (Å²) in [4.78, 5) is 33.5. The Kier molecular flexibility index (Phi) is 6.15. The Bertz CT molecular complexity index is 691. The molecule has 3 rings (SSSR count). The van der Waals surface area contributed by atoms with E-state index in [4.69, 9.17) is 0 Å². The Hall–Kier alpha value is -1.95. The van der Waals surface area contributed by atoms with E-state index in [0.717, 1.165) is 45.3 Å². The molecule has 0 aliphatic carbocycles. The number of pyridine rings is 1. The van der Waals surface area contributed by atoms with Gasteiger partial charge in [-0.05, 0) is 43.7 Å². The molecule has 1 aromatic rings. The molecule has 2 aliphatic rings. The Morgan fingerprint density at radius 3 is 2.85 bits per heavy atom. The third-order valence-electron chi connectivity index (χ3n) is 5.86. The molecule has 0 aromatic carbocycles. The maximum Gasteiger partial charge on any atom is 0.272 e. The molecule has 0 bridgehead atoms. The molecule has 2 fully saturated rings. The third-order valence-corrected chi connectivity index (χ3v) is 5.86. The number of aliphatic hydroxyl groups excluding tert-OH is 1. The van der Waals surface area contributed by atoms with E-state index in [9.17, 15) is 14.7 Å². The summed E-state index contributed by atoms with van der Waals surface area (Å²) in [5.41, 5.74) is 0.908. The van der Waals surface area contributed by atoms with Crippen molar-refractivity contribution in [3.8, 4) is 0 Å². The van der Waals surface area contributed by atoms with Crippen LogP contribution in [0.1, 0.15) is 62.1 Å². The average Bonchev–Trinajstić information content (AvgIpc) is 2.68. The normalized spacial score (nSPS) is 23.3. The van der Waals surface area contributed by atoms with Gasteiger partial charge in [0.25, 0.3) is 5.91 Å². The van der Waals surface area contributed by atoms with E-state index < -0.39 is 0 Å². The van der Waals surface area contributed by atoms with E-state index in [1.165, 1.54) is 0 Å². The van der Waals surface area contributed by atoms with Gasteiger partial charge < -0.3 is 14.9 Å². The molecule has 27 heavy (non-hydrogen) atoms. The summed E-state index contributed by atoms with van der Waals surface area (Å²) < 4.78 is 0. The number of carbonyl (C=O) groups is 2. The number of hydrogen-bond donors (Lipinski definition) is 1. The quantitative estimate of drug-likeness (QED) is 0.860. The molecule has 0 radical (unpaired) electrons. The minimum absolute atomic E-state index is 0.00733. The van der Waals surface area contributed by atoms with Gasteiger partial charge in [0.05, 0.1) is 12.3 Å². The van der Waals surface area contributed by atoms with E-state index >= 15 is 0 Å². The van der Waals surface area contributed by atoms with E-state index in [-0.39, 0.29) is 23.8 Å². The fraction of sp³-hybridized carbons (Fsp3) is 0.667. The number of aromatic nitrogens is 1. The molecular weight excluding hydrogens is 342 g/mol. The maximum atomic E-state index is 13.0. The van der Waals surface area contributed by atoms with Crippen molar-refractivity contribution in [3.63, 3.8) is 0 Å². The van der Waals surface area contributed by atoms with Crippen molar-refractivity contribution in [2.45, 2.75) is 52.6 Å². The van der Waals surface area contributed by atoms with Crippen molar-refractivity contribution in [3.05, 3.63) is 29.6 Å². The van der Waals surface area contributed by atoms with Crippen LogP contribution in [0.3, 0.4) is 0 Å².